The molecule has 0 heterocycles. The average molecular weight is 124 g/mol. The molecule has 0 bridgehead atoms. The zero-order valence-corrected chi connectivity index (χ0v) is 5.51. The average Bonchev–Trinajstić information content (AvgIpc) is 1.90. The summed E-state index contributed by atoms with van der Waals surface area (Å²) in [6.45, 7) is 3.66. The van der Waals surface area contributed by atoms with Crippen molar-refractivity contribution in [3.05, 3.63) is 24.3 Å². The highest BCUT2D eigenvalue weighted by atomic mass is 16.3. The number of rotatable bonds is 1. The molecule has 1 rings (SSSR count). The highest BCUT2D eigenvalue weighted by Crippen LogP contribution is 2.17. The maximum absolute atomic E-state index is 9.04. The van der Waals surface area contributed by atoms with Crippen molar-refractivity contribution in [3.8, 4) is 0 Å². The Hall–Kier alpha value is -0.560. The van der Waals surface area contributed by atoms with E-state index in [2.05, 4.69) is 12.7 Å². The number of allylic oxidation sites excluding steroid dienone is 2. The normalized spacial score (nSPS) is 27.2. The maximum atomic E-state index is 9.04. The summed E-state index contributed by atoms with van der Waals surface area (Å²) < 4.78 is 0. The molecule has 0 saturated carbocycles. The van der Waals surface area contributed by atoms with Gasteiger partial charge in [0.1, 0.15) is 0 Å². The van der Waals surface area contributed by atoms with Gasteiger partial charge in [-0.3, -0.25) is 0 Å². The molecule has 0 radical (unpaired) electrons. The van der Waals surface area contributed by atoms with Gasteiger partial charge in [0.05, 0.1) is 6.10 Å². The van der Waals surface area contributed by atoms with E-state index >= 15 is 0 Å². The van der Waals surface area contributed by atoms with Crippen LogP contribution in [0.15, 0.2) is 24.3 Å². The standard InChI is InChI=1S/C8H12O/c1-2-7-3-5-8(9)6-4-7/h2-3,8-9H,1,4-6H2/t8-/m1/s1. The van der Waals surface area contributed by atoms with Crippen LogP contribution in [0.25, 0.3) is 0 Å². The smallest absolute Gasteiger partial charge is 0.0578 e. The number of hydrogen-bond donors (Lipinski definition) is 1. The minimum atomic E-state index is -0.103. The van der Waals surface area contributed by atoms with E-state index in [0.717, 1.165) is 19.3 Å². The van der Waals surface area contributed by atoms with Gasteiger partial charge in [-0.25, -0.2) is 0 Å². The number of aliphatic hydroxyl groups is 1. The predicted octanol–water partition coefficient (Wildman–Crippen LogP) is 1.64. The van der Waals surface area contributed by atoms with E-state index in [1.165, 1.54) is 5.57 Å². The fourth-order valence-electron chi connectivity index (χ4n) is 1.03. The molecule has 1 nitrogen and oxygen atoms in total. The van der Waals surface area contributed by atoms with Gasteiger partial charge < -0.3 is 5.11 Å². The Morgan fingerprint density at radius 2 is 2.56 bits per heavy atom. The van der Waals surface area contributed by atoms with Gasteiger partial charge in [-0.05, 0) is 19.3 Å². The highest BCUT2D eigenvalue weighted by Gasteiger charge is 2.07. The Morgan fingerprint density at radius 1 is 1.78 bits per heavy atom. The Morgan fingerprint density at radius 3 is 3.00 bits per heavy atom. The summed E-state index contributed by atoms with van der Waals surface area (Å²) in [4.78, 5) is 0. The van der Waals surface area contributed by atoms with Crippen LogP contribution in [0, 0.1) is 0 Å². The second-order valence-corrected chi connectivity index (χ2v) is 2.41. The van der Waals surface area contributed by atoms with Crippen molar-refractivity contribution < 1.29 is 5.11 Å². The monoisotopic (exact) mass is 124 g/mol. The van der Waals surface area contributed by atoms with E-state index in [0.29, 0.717) is 0 Å². The summed E-state index contributed by atoms with van der Waals surface area (Å²) in [6, 6.07) is 0. The van der Waals surface area contributed by atoms with Crippen molar-refractivity contribution in [2.75, 3.05) is 0 Å². The lowest BCUT2D eigenvalue weighted by molar-refractivity contribution is 0.163. The van der Waals surface area contributed by atoms with Crippen LogP contribution in [0.1, 0.15) is 19.3 Å². The van der Waals surface area contributed by atoms with Gasteiger partial charge in [-0.15, -0.1) is 0 Å². The molecule has 9 heavy (non-hydrogen) atoms. The Kier molecular flexibility index (Phi) is 2.06. The van der Waals surface area contributed by atoms with E-state index in [-0.39, 0.29) is 6.10 Å². The van der Waals surface area contributed by atoms with Crippen molar-refractivity contribution >= 4 is 0 Å². The first kappa shape index (κ1) is 6.56. The Labute approximate surface area is 55.7 Å². The van der Waals surface area contributed by atoms with Crippen LogP contribution in [-0.4, -0.2) is 11.2 Å². The van der Waals surface area contributed by atoms with Gasteiger partial charge >= 0.3 is 0 Å². The molecule has 0 saturated heterocycles. The summed E-state index contributed by atoms with van der Waals surface area (Å²) in [5.41, 5.74) is 1.28. The van der Waals surface area contributed by atoms with Crippen molar-refractivity contribution in [1.82, 2.24) is 0 Å². The molecule has 0 aromatic heterocycles. The zero-order chi connectivity index (χ0) is 6.69. The van der Waals surface area contributed by atoms with Gasteiger partial charge in [-0.2, -0.15) is 0 Å². The van der Waals surface area contributed by atoms with Crippen molar-refractivity contribution in [2.45, 2.75) is 25.4 Å². The number of hydrogen-bond acceptors (Lipinski definition) is 1. The molecule has 0 aliphatic heterocycles. The molecule has 1 aliphatic carbocycles. The second kappa shape index (κ2) is 2.83. The van der Waals surface area contributed by atoms with Gasteiger partial charge in [0.2, 0.25) is 0 Å². The summed E-state index contributed by atoms with van der Waals surface area (Å²) in [7, 11) is 0. The lowest BCUT2D eigenvalue weighted by Crippen LogP contribution is -2.08. The van der Waals surface area contributed by atoms with Crippen LogP contribution < -0.4 is 0 Å². The van der Waals surface area contributed by atoms with E-state index in [9.17, 15) is 0 Å². The van der Waals surface area contributed by atoms with Crippen LogP contribution in [0.4, 0.5) is 0 Å². The first-order valence-electron chi connectivity index (χ1n) is 3.32. The van der Waals surface area contributed by atoms with E-state index in [1.54, 1.807) is 0 Å². The maximum Gasteiger partial charge on any atom is 0.0578 e. The molecule has 0 amide bonds. The molecule has 1 atom stereocenters. The summed E-state index contributed by atoms with van der Waals surface area (Å²) >= 11 is 0. The van der Waals surface area contributed by atoms with Crippen LogP contribution in [0.3, 0.4) is 0 Å². The van der Waals surface area contributed by atoms with Crippen molar-refractivity contribution in [1.29, 1.82) is 0 Å². The fraction of sp³-hybridized carbons (Fsp3) is 0.500. The molecule has 1 heteroatoms. The molecule has 50 valence electrons. The lowest BCUT2D eigenvalue weighted by atomic mass is 9.98. The lowest BCUT2D eigenvalue weighted by Gasteiger charge is -2.14. The summed E-state index contributed by atoms with van der Waals surface area (Å²) in [5, 5.41) is 9.04. The van der Waals surface area contributed by atoms with Crippen LogP contribution in [0.5, 0.6) is 0 Å². The van der Waals surface area contributed by atoms with E-state index in [4.69, 9.17) is 5.11 Å². The molecule has 0 spiro atoms. The molecular formula is C8H12O. The highest BCUT2D eigenvalue weighted by molar-refractivity contribution is 5.18. The molecule has 0 aromatic rings. The molecule has 0 aromatic carbocycles. The quantitative estimate of drug-likeness (QED) is 0.563. The molecule has 1 aliphatic rings. The van der Waals surface area contributed by atoms with Gasteiger partial charge in [0.25, 0.3) is 0 Å². The van der Waals surface area contributed by atoms with Crippen molar-refractivity contribution in [3.63, 3.8) is 0 Å². The fourth-order valence-corrected chi connectivity index (χ4v) is 1.03. The van der Waals surface area contributed by atoms with Crippen LogP contribution in [0.2, 0.25) is 0 Å². The Balaban J connectivity index is 2.49. The van der Waals surface area contributed by atoms with Crippen LogP contribution in [-0.2, 0) is 0 Å². The minimum Gasteiger partial charge on any atom is -0.393 e. The molecular weight excluding hydrogens is 112 g/mol. The van der Waals surface area contributed by atoms with Gasteiger partial charge in [0.15, 0.2) is 0 Å². The van der Waals surface area contributed by atoms with Crippen molar-refractivity contribution in [2.24, 2.45) is 0 Å². The molecule has 0 fully saturated rings. The van der Waals surface area contributed by atoms with Gasteiger partial charge in [0, 0.05) is 0 Å². The van der Waals surface area contributed by atoms with Crippen LogP contribution >= 0.6 is 0 Å². The number of aliphatic hydroxyl groups excluding tert-OH is 1. The SMILES string of the molecule is C=CC1=CC[C@@H](O)CC1. The summed E-state index contributed by atoms with van der Waals surface area (Å²) in [5.74, 6) is 0. The third kappa shape index (κ3) is 1.68. The van der Waals surface area contributed by atoms with Gasteiger partial charge in [-0.1, -0.05) is 24.3 Å². The third-order valence-electron chi connectivity index (χ3n) is 1.68. The molecule has 0 unspecified atom stereocenters. The third-order valence-corrected chi connectivity index (χ3v) is 1.68. The predicted molar refractivity (Wildman–Crippen MR) is 38.1 cm³/mol. The van der Waals surface area contributed by atoms with E-state index in [1.807, 2.05) is 6.08 Å². The first-order chi connectivity index (χ1) is 4.33. The minimum absolute atomic E-state index is 0.103. The van der Waals surface area contributed by atoms with E-state index < -0.39 is 0 Å². The Bertz CT molecular complexity index is 136. The topological polar surface area (TPSA) is 20.2 Å². The first-order valence-corrected chi connectivity index (χ1v) is 3.32. The molecule has 1 N–H and O–H groups in total. The summed E-state index contributed by atoms with van der Waals surface area (Å²) in [6.07, 6.45) is 6.52. The zero-order valence-electron chi connectivity index (χ0n) is 5.51. The largest absolute Gasteiger partial charge is 0.393 e. The second-order valence-electron chi connectivity index (χ2n) is 2.41.